The van der Waals surface area contributed by atoms with E-state index in [-0.39, 0.29) is 35.5 Å². The number of rotatable bonds is 3. The molecule has 2 aliphatic carbocycles. The fraction of sp³-hybridized carbons (Fsp3) is 0.316. The van der Waals surface area contributed by atoms with Gasteiger partial charge in [0.05, 0.1) is 22.9 Å². The Hall–Kier alpha value is -1.92. The van der Waals surface area contributed by atoms with Gasteiger partial charge in [-0.05, 0) is 51.9 Å². The Kier molecular flexibility index (Phi) is 3.62. The molecule has 3 aliphatic rings. The van der Waals surface area contributed by atoms with Crippen molar-refractivity contribution in [1.29, 1.82) is 0 Å². The van der Waals surface area contributed by atoms with E-state index in [0.717, 1.165) is 12.0 Å². The van der Waals surface area contributed by atoms with Crippen molar-refractivity contribution < 1.29 is 9.59 Å². The Morgan fingerprint density at radius 2 is 1.69 bits per heavy atom. The molecule has 1 aromatic carbocycles. The summed E-state index contributed by atoms with van der Waals surface area (Å²) in [6.45, 7) is 0.533. The zero-order valence-electron chi connectivity index (χ0n) is 13.7. The molecule has 2 heterocycles. The number of anilines is 1. The highest BCUT2D eigenvalue weighted by molar-refractivity contribution is 9.10. The number of hydrogen-bond acceptors (Lipinski definition) is 3. The van der Waals surface area contributed by atoms with Crippen molar-refractivity contribution in [3.8, 4) is 0 Å². The van der Waals surface area contributed by atoms with E-state index in [0.29, 0.717) is 21.9 Å². The molecule has 1 saturated heterocycles. The van der Waals surface area contributed by atoms with Gasteiger partial charge in [-0.1, -0.05) is 35.9 Å². The largest absolute Gasteiger partial charge is 0.274 e. The number of allylic oxidation sites excluding steroid dienone is 2. The van der Waals surface area contributed by atoms with Crippen molar-refractivity contribution in [2.45, 2.75) is 13.0 Å². The van der Waals surface area contributed by atoms with Crippen LogP contribution in [0, 0.1) is 23.7 Å². The zero-order chi connectivity index (χ0) is 18.0. The zero-order valence-corrected chi connectivity index (χ0v) is 16.0. The predicted molar refractivity (Wildman–Crippen MR) is 101 cm³/mol. The van der Waals surface area contributed by atoms with Gasteiger partial charge in [0.2, 0.25) is 11.8 Å². The Morgan fingerprint density at radius 1 is 1.08 bits per heavy atom. The number of hydrogen-bond donors (Lipinski definition) is 0. The molecule has 26 heavy (non-hydrogen) atoms. The molecule has 1 saturated carbocycles. The van der Waals surface area contributed by atoms with Gasteiger partial charge in [0.25, 0.3) is 0 Å². The van der Waals surface area contributed by atoms with Crippen LogP contribution in [-0.2, 0) is 16.1 Å². The molecule has 1 aliphatic heterocycles. The third-order valence-electron chi connectivity index (χ3n) is 5.64. The van der Waals surface area contributed by atoms with Crippen molar-refractivity contribution in [1.82, 2.24) is 9.78 Å². The Morgan fingerprint density at radius 3 is 2.31 bits per heavy atom. The van der Waals surface area contributed by atoms with Crippen LogP contribution < -0.4 is 4.90 Å². The third kappa shape index (κ3) is 2.32. The van der Waals surface area contributed by atoms with Gasteiger partial charge in [0, 0.05) is 11.2 Å². The lowest BCUT2D eigenvalue weighted by Gasteiger charge is -2.14. The van der Waals surface area contributed by atoms with Gasteiger partial charge in [-0.3, -0.25) is 14.3 Å². The van der Waals surface area contributed by atoms with Crippen molar-refractivity contribution in [3.05, 3.63) is 57.7 Å². The van der Waals surface area contributed by atoms with Gasteiger partial charge in [0.1, 0.15) is 0 Å². The van der Waals surface area contributed by atoms with Crippen LogP contribution in [0.5, 0.6) is 0 Å². The molecular weight excluding hydrogens is 418 g/mol. The minimum atomic E-state index is -0.217. The van der Waals surface area contributed by atoms with E-state index >= 15 is 0 Å². The first kappa shape index (κ1) is 16.3. The van der Waals surface area contributed by atoms with E-state index in [1.807, 2.05) is 24.3 Å². The molecule has 7 heteroatoms. The summed E-state index contributed by atoms with van der Waals surface area (Å²) in [5.74, 6) is 0.116. The van der Waals surface area contributed by atoms with Crippen LogP contribution in [0.2, 0.25) is 5.02 Å². The molecule has 132 valence electrons. The maximum absolute atomic E-state index is 12.9. The standard InChI is InChI=1S/C19H15BrClN3O2/c20-14-9-23(8-10-1-5-13(21)6-2-10)22-17(14)24-18(25)15-11-3-4-12(7-11)16(15)19(24)26/h1-6,9,11-12,15-16H,7-8H2/t11-,12-,15-,16-/m0/s1. The number of amides is 2. The molecule has 0 unspecified atom stereocenters. The average Bonchev–Trinajstić information content (AvgIpc) is 3.35. The average molecular weight is 433 g/mol. The number of imide groups is 1. The second-order valence-corrected chi connectivity index (χ2v) is 8.43. The lowest BCUT2D eigenvalue weighted by Crippen LogP contribution is -2.33. The van der Waals surface area contributed by atoms with E-state index < -0.39 is 0 Å². The smallest absolute Gasteiger partial charge is 0.239 e. The lowest BCUT2D eigenvalue weighted by molar-refractivity contribution is -0.123. The summed E-state index contributed by atoms with van der Waals surface area (Å²) in [6, 6.07) is 7.51. The number of halogens is 2. The normalized spacial score (nSPS) is 29.1. The van der Waals surface area contributed by atoms with Crippen LogP contribution in [-0.4, -0.2) is 21.6 Å². The summed E-state index contributed by atoms with van der Waals surface area (Å²) in [5, 5.41) is 5.19. The number of nitrogens with zero attached hydrogens (tertiary/aromatic N) is 3. The van der Waals surface area contributed by atoms with Crippen LogP contribution >= 0.6 is 27.5 Å². The van der Waals surface area contributed by atoms with Crippen molar-refractivity contribution in [3.63, 3.8) is 0 Å². The molecule has 0 radical (unpaired) electrons. The van der Waals surface area contributed by atoms with Gasteiger partial charge in [-0.2, -0.15) is 5.10 Å². The molecule has 5 nitrogen and oxygen atoms in total. The van der Waals surface area contributed by atoms with E-state index in [4.69, 9.17) is 11.6 Å². The summed E-state index contributed by atoms with van der Waals surface area (Å²) in [5.41, 5.74) is 1.04. The molecule has 5 rings (SSSR count). The van der Waals surface area contributed by atoms with Gasteiger partial charge < -0.3 is 0 Å². The molecule has 4 atom stereocenters. The molecule has 2 amide bonds. The fourth-order valence-corrected chi connectivity index (χ4v) is 5.13. The quantitative estimate of drug-likeness (QED) is 0.549. The van der Waals surface area contributed by atoms with Crippen LogP contribution in [0.4, 0.5) is 5.82 Å². The summed E-state index contributed by atoms with van der Waals surface area (Å²) in [7, 11) is 0. The minimum Gasteiger partial charge on any atom is -0.274 e. The van der Waals surface area contributed by atoms with Gasteiger partial charge in [-0.15, -0.1) is 0 Å². The van der Waals surface area contributed by atoms with Crippen molar-refractivity contribution in [2.24, 2.45) is 23.7 Å². The first-order valence-corrected chi connectivity index (χ1v) is 9.73. The number of fused-ring (bicyclic) bond motifs is 5. The summed E-state index contributed by atoms with van der Waals surface area (Å²) in [4.78, 5) is 27.1. The predicted octanol–water partition coefficient (Wildman–Crippen LogP) is 3.66. The molecule has 2 fully saturated rings. The molecule has 0 N–H and O–H groups in total. The van der Waals surface area contributed by atoms with Crippen LogP contribution in [0.3, 0.4) is 0 Å². The van der Waals surface area contributed by atoms with E-state index in [2.05, 4.69) is 33.2 Å². The van der Waals surface area contributed by atoms with Crippen LogP contribution in [0.1, 0.15) is 12.0 Å². The third-order valence-corrected chi connectivity index (χ3v) is 6.45. The Labute approximate surface area is 163 Å². The van der Waals surface area contributed by atoms with Crippen LogP contribution in [0.15, 0.2) is 47.1 Å². The topological polar surface area (TPSA) is 55.2 Å². The number of benzene rings is 1. The second-order valence-electron chi connectivity index (χ2n) is 7.14. The van der Waals surface area contributed by atoms with E-state index in [1.54, 1.807) is 10.9 Å². The maximum atomic E-state index is 12.9. The lowest BCUT2D eigenvalue weighted by atomic mass is 9.85. The maximum Gasteiger partial charge on any atom is 0.239 e. The van der Waals surface area contributed by atoms with Gasteiger partial charge in [0.15, 0.2) is 5.82 Å². The fourth-order valence-electron chi connectivity index (χ4n) is 4.51. The minimum absolute atomic E-state index is 0.116. The highest BCUT2D eigenvalue weighted by Crippen LogP contribution is 2.53. The molecule has 2 bridgehead atoms. The SMILES string of the molecule is O=C1[C@@H]2[C@@H](C(=O)N1c1nn(Cc3ccc(Cl)cc3)cc1Br)[C@H]1C=C[C@H]2C1. The number of carbonyl (C=O) groups is 2. The monoisotopic (exact) mass is 431 g/mol. The summed E-state index contributed by atoms with van der Waals surface area (Å²) >= 11 is 9.39. The molecule has 0 spiro atoms. The highest BCUT2D eigenvalue weighted by atomic mass is 79.9. The van der Waals surface area contributed by atoms with Crippen molar-refractivity contribution >= 4 is 45.2 Å². The van der Waals surface area contributed by atoms with Crippen LogP contribution in [0.25, 0.3) is 0 Å². The van der Waals surface area contributed by atoms with Gasteiger partial charge >= 0.3 is 0 Å². The summed E-state index contributed by atoms with van der Waals surface area (Å²) < 4.78 is 2.37. The van der Waals surface area contributed by atoms with E-state index in [1.165, 1.54) is 4.90 Å². The van der Waals surface area contributed by atoms with Crippen molar-refractivity contribution in [2.75, 3.05) is 4.90 Å². The number of aromatic nitrogens is 2. The first-order valence-electron chi connectivity index (χ1n) is 8.56. The van der Waals surface area contributed by atoms with Gasteiger partial charge in [-0.25, -0.2) is 4.90 Å². The summed E-state index contributed by atoms with van der Waals surface area (Å²) in [6.07, 6.45) is 6.90. The first-order chi connectivity index (χ1) is 12.5. The molecular formula is C19H15BrClN3O2. The Balaban J connectivity index is 1.44. The Bertz CT molecular complexity index is 922. The molecule has 2 aromatic rings. The number of carbonyl (C=O) groups excluding carboxylic acids is 2. The van der Waals surface area contributed by atoms with E-state index in [9.17, 15) is 9.59 Å². The molecule has 1 aromatic heterocycles. The highest BCUT2D eigenvalue weighted by Gasteiger charge is 2.60. The second kappa shape index (κ2) is 5.79.